The maximum Gasteiger partial charge on any atom is 0.290 e. The summed E-state index contributed by atoms with van der Waals surface area (Å²) in [5.74, 6) is 0.243. The number of hydrogen-bond acceptors (Lipinski definition) is 5. The van der Waals surface area contributed by atoms with E-state index in [1.54, 1.807) is 4.90 Å². The molecule has 1 aromatic carbocycles. The average Bonchev–Trinajstić information content (AvgIpc) is 2.93. The van der Waals surface area contributed by atoms with Gasteiger partial charge in [0.1, 0.15) is 5.58 Å². The zero-order valence-electron chi connectivity index (χ0n) is 14.4. The second-order valence-corrected chi connectivity index (χ2v) is 6.59. The van der Waals surface area contributed by atoms with Crippen LogP contribution in [-0.4, -0.2) is 66.8 Å². The van der Waals surface area contributed by atoms with E-state index in [-0.39, 0.29) is 24.7 Å². The molecule has 2 heterocycles. The third-order valence-electron chi connectivity index (χ3n) is 4.34. The van der Waals surface area contributed by atoms with E-state index >= 15 is 0 Å². The lowest BCUT2D eigenvalue weighted by Crippen LogP contribution is -2.52. The molecule has 0 bridgehead atoms. The van der Waals surface area contributed by atoms with Crippen LogP contribution in [0.5, 0.6) is 0 Å². The van der Waals surface area contributed by atoms with Crippen molar-refractivity contribution >= 4 is 16.9 Å². The first-order chi connectivity index (χ1) is 11.5. The molecule has 24 heavy (non-hydrogen) atoms. The molecule has 6 heteroatoms. The van der Waals surface area contributed by atoms with Crippen LogP contribution in [-0.2, 0) is 11.3 Å². The minimum absolute atomic E-state index is 0.0549. The Balaban J connectivity index is 1.99. The largest absolute Gasteiger partial charge is 0.451 e. The van der Waals surface area contributed by atoms with E-state index in [4.69, 9.17) is 9.15 Å². The number of nitrogens with zero attached hydrogens (tertiary/aromatic N) is 2. The van der Waals surface area contributed by atoms with E-state index in [9.17, 15) is 9.90 Å². The van der Waals surface area contributed by atoms with Crippen molar-refractivity contribution < 1.29 is 19.1 Å². The molecule has 0 saturated carbocycles. The van der Waals surface area contributed by atoms with E-state index in [0.717, 1.165) is 16.5 Å². The van der Waals surface area contributed by atoms with Crippen molar-refractivity contribution in [3.05, 3.63) is 35.6 Å². The molecule has 6 nitrogen and oxygen atoms in total. The average molecular weight is 332 g/mol. The first-order valence-corrected chi connectivity index (χ1v) is 8.19. The van der Waals surface area contributed by atoms with Gasteiger partial charge in [-0.05, 0) is 27.1 Å². The minimum Gasteiger partial charge on any atom is -0.451 e. The predicted octanol–water partition coefficient (Wildman–Crippen LogP) is 1.72. The van der Waals surface area contributed by atoms with E-state index < -0.39 is 0 Å². The molecule has 0 spiro atoms. The van der Waals surface area contributed by atoms with Gasteiger partial charge in [-0.3, -0.25) is 4.79 Å². The zero-order valence-corrected chi connectivity index (χ0v) is 14.4. The summed E-state index contributed by atoms with van der Waals surface area (Å²) in [6.07, 6.45) is -0.341. The predicted molar refractivity (Wildman–Crippen MR) is 90.9 cm³/mol. The van der Waals surface area contributed by atoms with Gasteiger partial charge in [-0.2, -0.15) is 0 Å². The monoisotopic (exact) mass is 332 g/mol. The number of aliphatic hydroxyl groups is 1. The van der Waals surface area contributed by atoms with Crippen LogP contribution in [0, 0.1) is 0 Å². The van der Waals surface area contributed by atoms with Crippen LogP contribution >= 0.6 is 0 Å². The molecular formula is C18H24N2O4. The highest BCUT2D eigenvalue weighted by atomic mass is 16.5. The van der Waals surface area contributed by atoms with E-state index in [0.29, 0.717) is 25.5 Å². The normalized spacial score (nSPS) is 21.6. The summed E-state index contributed by atoms with van der Waals surface area (Å²) in [7, 11) is 3.93. The Hall–Kier alpha value is -1.89. The lowest BCUT2D eigenvalue weighted by Gasteiger charge is -2.37. The van der Waals surface area contributed by atoms with Crippen LogP contribution in [0.1, 0.15) is 23.0 Å². The topological polar surface area (TPSA) is 66.2 Å². The second kappa shape index (κ2) is 6.93. The summed E-state index contributed by atoms with van der Waals surface area (Å²) in [5, 5.41) is 10.3. The van der Waals surface area contributed by atoms with Crippen molar-refractivity contribution in [2.75, 3.05) is 33.9 Å². The first kappa shape index (κ1) is 17.0. The van der Waals surface area contributed by atoms with Crippen molar-refractivity contribution in [1.82, 2.24) is 9.80 Å². The van der Waals surface area contributed by atoms with Crippen molar-refractivity contribution in [1.29, 1.82) is 0 Å². The number of carbonyl (C=O) groups excluding carboxylic acids is 1. The molecule has 130 valence electrons. The van der Waals surface area contributed by atoms with Crippen LogP contribution in [0.3, 0.4) is 0 Å². The number of para-hydroxylation sites is 1. The number of morpholine rings is 1. The third-order valence-corrected chi connectivity index (χ3v) is 4.34. The molecule has 1 aliphatic heterocycles. The molecule has 1 aliphatic rings. The maximum absolute atomic E-state index is 13.1. The van der Waals surface area contributed by atoms with Gasteiger partial charge >= 0.3 is 0 Å². The second-order valence-electron chi connectivity index (χ2n) is 6.59. The number of carbonyl (C=O) groups is 1. The van der Waals surface area contributed by atoms with Gasteiger partial charge in [0.2, 0.25) is 0 Å². The molecule has 2 unspecified atom stereocenters. The molecule has 1 fully saturated rings. The van der Waals surface area contributed by atoms with Gasteiger partial charge in [-0.15, -0.1) is 0 Å². The van der Waals surface area contributed by atoms with Crippen molar-refractivity contribution in [2.45, 2.75) is 25.6 Å². The number of fused-ring (bicyclic) bond motifs is 1. The van der Waals surface area contributed by atoms with Crippen LogP contribution in [0.4, 0.5) is 0 Å². The molecule has 1 aromatic heterocycles. The molecule has 0 radical (unpaired) electrons. The maximum atomic E-state index is 13.1. The van der Waals surface area contributed by atoms with Crippen LogP contribution in [0.2, 0.25) is 0 Å². The molecule has 1 amide bonds. The summed E-state index contributed by atoms with van der Waals surface area (Å²) >= 11 is 0. The molecule has 2 aromatic rings. The Kier molecular flexibility index (Phi) is 4.89. The lowest BCUT2D eigenvalue weighted by molar-refractivity contribution is -0.0673. The van der Waals surface area contributed by atoms with Gasteiger partial charge in [0.25, 0.3) is 5.91 Å². The van der Waals surface area contributed by atoms with E-state index in [1.165, 1.54) is 0 Å². The highest BCUT2D eigenvalue weighted by Gasteiger charge is 2.33. The van der Waals surface area contributed by atoms with Crippen LogP contribution in [0.15, 0.2) is 28.7 Å². The standard InChI is InChI=1S/C18H24N2O4/c1-12-11-23-13(10-21)8-20(12)18(22)17-15(9-19(2)3)14-6-4-5-7-16(14)24-17/h4-7,12-13,21H,8-11H2,1-3H3. The molecule has 1 N–H and O–H groups in total. The molecule has 2 atom stereocenters. The van der Waals surface area contributed by atoms with Crippen molar-refractivity contribution in [3.63, 3.8) is 0 Å². The smallest absolute Gasteiger partial charge is 0.290 e. The zero-order chi connectivity index (χ0) is 17.3. The highest BCUT2D eigenvalue weighted by Crippen LogP contribution is 2.29. The first-order valence-electron chi connectivity index (χ1n) is 8.19. The molecule has 3 rings (SSSR count). The fourth-order valence-corrected chi connectivity index (χ4v) is 3.09. The van der Waals surface area contributed by atoms with E-state index in [1.807, 2.05) is 50.2 Å². The Labute approximate surface area is 141 Å². The Morgan fingerprint density at radius 3 is 2.83 bits per heavy atom. The SMILES string of the molecule is CC1COC(CO)CN1C(=O)c1oc2ccccc2c1CN(C)C. The van der Waals surface area contributed by atoms with Gasteiger partial charge in [0, 0.05) is 24.0 Å². The minimum atomic E-state index is -0.341. The Bertz CT molecular complexity index is 725. The molecule has 0 aliphatic carbocycles. The number of amides is 1. The van der Waals surface area contributed by atoms with Gasteiger partial charge in [0.05, 0.1) is 25.4 Å². The van der Waals surface area contributed by atoms with Gasteiger partial charge in [0.15, 0.2) is 5.76 Å². The number of ether oxygens (including phenoxy) is 1. The summed E-state index contributed by atoms with van der Waals surface area (Å²) in [5.41, 5.74) is 1.62. The number of benzene rings is 1. The van der Waals surface area contributed by atoms with Gasteiger partial charge < -0.3 is 24.1 Å². The Morgan fingerprint density at radius 2 is 2.12 bits per heavy atom. The summed E-state index contributed by atoms with van der Waals surface area (Å²) < 4.78 is 11.4. The number of rotatable bonds is 4. The highest BCUT2D eigenvalue weighted by molar-refractivity contribution is 5.99. The summed E-state index contributed by atoms with van der Waals surface area (Å²) in [6, 6.07) is 7.65. The van der Waals surface area contributed by atoms with Gasteiger partial charge in [-0.25, -0.2) is 0 Å². The summed E-state index contributed by atoms with van der Waals surface area (Å²) in [4.78, 5) is 16.9. The van der Waals surface area contributed by atoms with Gasteiger partial charge in [-0.1, -0.05) is 18.2 Å². The molecular weight excluding hydrogens is 308 g/mol. The number of hydrogen-bond donors (Lipinski definition) is 1. The van der Waals surface area contributed by atoms with Crippen molar-refractivity contribution in [3.8, 4) is 0 Å². The van der Waals surface area contributed by atoms with Crippen LogP contribution < -0.4 is 0 Å². The fraction of sp³-hybridized carbons (Fsp3) is 0.500. The number of aliphatic hydroxyl groups excluding tert-OH is 1. The fourth-order valence-electron chi connectivity index (χ4n) is 3.09. The van der Waals surface area contributed by atoms with Crippen molar-refractivity contribution in [2.24, 2.45) is 0 Å². The quantitative estimate of drug-likeness (QED) is 0.923. The van der Waals surface area contributed by atoms with E-state index in [2.05, 4.69) is 0 Å². The molecule has 1 saturated heterocycles. The number of furan rings is 1. The third kappa shape index (κ3) is 3.17. The Morgan fingerprint density at radius 1 is 1.38 bits per heavy atom. The lowest BCUT2D eigenvalue weighted by atomic mass is 10.1. The summed E-state index contributed by atoms with van der Waals surface area (Å²) in [6.45, 7) is 3.26. The van der Waals surface area contributed by atoms with Crippen LogP contribution in [0.25, 0.3) is 11.0 Å².